The molecule has 0 amide bonds. The van der Waals surface area contributed by atoms with E-state index in [-0.39, 0.29) is 23.2 Å². The van der Waals surface area contributed by atoms with Crippen LogP contribution in [0.1, 0.15) is 0 Å². The van der Waals surface area contributed by atoms with Crippen molar-refractivity contribution in [3.63, 3.8) is 0 Å². The number of nitro groups is 1. The van der Waals surface area contributed by atoms with Crippen LogP contribution in [0.25, 0.3) is 0 Å². The average Bonchev–Trinajstić information content (AvgIpc) is 2.68. The summed E-state index contributed by atoms with van der Waals surface area (Å²) in [7, 11) is -1.80. The van der Waals surface area contributed by atoms with Gasteiger partial charge in [0.05, 0.1) is 23.8 Å². The van der Waals surface area contributed by atoms with Gasteiger partial charge in [0.15, 0.2) is 15.6 Å². The number of hydrogen-bond acceptors (Lipinski definition) is 6. The molecule has 0 bridgehead atoms. The second kappa shape index (κ2) is 4.88. The van der Waals surface area contributed by atoms with Crippen LogP contribution in [0.4, 0.5) is 11.4 Å². The monoisotopic (exact) mass is 284 g/mol. The number of rotatable bonds is 4. The molecule has 1 aliphatic heterocycles. The number of sulfone groups is 1. The van der Waals surface area contributed by atoms with Gasteiger partial charge in [0.25, 0.3) is 0 Å². The minimum absolute atomic E-state index is 0.0215. The molecule has 1 aromatic carbocycles. The molecule has 1 heterocycles. The fourth-order valence-electron chi connectivity index (χ4n) is 1.80. The van der Waals surface area contributed by atoms with Crippen molar-refractivity contribution < 1.29 is 18.1 Å². The molecular formula is C11H12N2O5S. The first-order valence-electron chi connectivity index (χ1n) is 5.41. The van der Waals surface area contributed by atoms with E-state index < -0.39 is 14.8 Å². The molecule has 1 aliphatic rings. The molecule has 19 heavy (non-hydrogen) atoms. The molecule has 1 aromatic rings. The Bertz CT molecular complexity index is 638. The number of benzene rings is 1. The van der Waals surface area contributed by atoms with E-state index in [0.717, 1.165) is 5.41 Å². The first-order valence-corrected chi connectivity index (χ1v) is 7.13. The molecule has 0 aromatic heterocycles. The molecule has 1 unspecified atom stereocenters. The minimum Gasteiger partial charge on any atom is -0.490 e. The highest BCUT2D eigenvalue weighted by Crippen LogP contribution is 2.30. The zero-order valence-corrected chi connectivity index (χ0v) is 10.9. The van der Waals surface area contributed by atoms with Crippen molar-refractivity contribution in [2.45, 2.75) is 6.04 Å². The molecular weight excluding hydrogens is 272 g/mol. The maximum Gasteiger partial charge on any atom is 0.311 e. The molecule has 1 atom stereocenters. The second-order valence-electron chi connectivity index (χ2n) is 4.05. The van der Waals surface area contributed by atoms with Crippen molar-refractivity contribution in [1.29, 1.82) is 0 Å². The lowest BCUT2D eigenvalue weighted by atomic mass is 10.2. The van der Waals surface area contributed by atoms with Gasteiger partial charge in [0.2, 0.25) is 0 Å². The molecule has 0 saturated carbocycles. The van der Waals surface area contributed by atoms with Crippen LogP contribution in [0.5, 0.6) is 5.75 Å². The van der Waals surface area contributed by atoms with E-state index in [1.165, 1.54) is 25.3 Å². The van der Waals surface area contributed by atoms with Crippen LogP contribution >= 0.6 is 0 Å². The highest BCUT2D eigenvalue weighted by atomic mass is 32.2. The Hall–Kier alpha value is -2.09. The number of methoxy groups -OCH3 is 1. The number of nitrogens with zero attached hydrogens (tertiary/aromatic N) is 1. The smallest absolute Gasteiger partial charge is 0.311 e. The van der Waals surface area contributed by atoms with Crippen LogP contribution < -0.4 is 10.1 Å². The molecule has 8 heteroatoms. The summed E-state index contributed by atoms with van der Waals surface area (Å²) in [5.41, 5.74) is 0.428. The van der Waals surface area contributed by atoms with E-state index in [1.54, 1.807) is 6.08 Å². The molecule has 2 rings (SSSR count). The van der Waals surface area contributed by atoms with E-state index in [2.05, 4.69) is 5.32 Å². The molecule has 0 saturated heterocycles. The van der Waals surface area contributed by atoms with E-state index in [1.807, 2.05) is 0 Å². The Morgan fingerprint density at radius 1 is 1.47 bits per heavy atom. The van der Waals surface area contributed by atoms with Gasteiger partial charge in [-0.05, 0) is 6.07 Å². The van der Waals surface area contributed by atoms with Gasteiger partial charge in [-0.15, -0.1) is 0 Å². The number of nitro benzene ring substituents is 1. The van der Waals surface area contributed by atoms with Crippen LogP contribution in [-0.2, 0) is 9.84 Å². The second-order valence-corrected chi connectivity index (χ2v) is 5.98. The van der Waals surface area contributed by atoms with Gasteiger partial charge >= 0.3 is 5.69 Å². The summed E-state index contributed by atoms with van der Waals surface area (Å²) in [6.07, 6.45) is 1.54. The fraction of sp³-hybridized carbons (Fsp3) is 0.273. The van der Waals surface area contributed by atoms with Crippen LogP contribution in [0.15, 0.2) is 29.7 Å². The Morgan fingerprint density at radius 2 is 2.21 bits per heavy atom. The van der Waals surface area contributed by atoms with Crippen molar-refractivity contribution in [2.24, 2.45) is 0 Å². The lowest BCUT2D eigenvalue weighted by Crippen LogP contribution is -2.20. The third-order valence-corrected chi connectivity index (χ3v) is 4.05. The first-order chi connectivity index (χ1) is 8.91. The molecule has 102 valence electrons. The van der Waals surface area contributed by atoms with Crippen LogP contribution in [0, 0.1) is 10.1 Å². The molecule has 0 spiro atoms. The topological polar surface area (TPSA) is 98.5 Å². The zero-order valence-electron chi connectivity index (χ0n) is 10.1. The van der Waals surface area contributed by atoms with E-state index >= 15 is 0 Å². The van der Waals surface area contributed by atoms with Gasteiger partial charge in [-0.1, -0.05) is 6.08 Å². The van der Waals surface area contributed by atoms with Gasteiger partial charge in [-0.2, -0.15) is 0 Å². The first kappa shape index (κ1) is 13.3. The third kappa shape index (κ3) is 3.02. The normalized spacial score (nSPS) is 20.2. The van der Waals surface area contributed by atoms with Gasteiger partial charge in [0.1, 0.15) is 0 Å². The van der Waals surface area contributed by atoms with Crippen molar-refractivity contribution in [2.75, 3.05) is 18.2 Å². The molecule has 0 aliphatic carbocycles. The summed E-state index contributed by atoms with van der Waals surface area (Å²) in [4.78, 5) is 10.2. The van der Waals surface area contributed by atoms with E-state index in [9.17, 15) is 18.5 Å². The lowest BCUT2D eigenvalue weighted by molar-refractivity contribution is -0.385. The number of anilines is 1. The third-order valence-electron chi connectivity index (χ3n) is 2.66. The average molecular weight is 284 g/mol. The van der Waals surface area contributed by atoms with E-state index in [0.29, 0.717) is 5.69 Å². The summed E-state index contributed by atoms with van der Waals surface area (Å²) < 4.78 is 27.4. The summed E-state index contributed by atoms with van der Waals surface area (Å²) in [6.45, 7) is 0. The summed E-state index contributed by atoms with van der Waals surface area (Å²) in [5.74, 6) is 0.103. The summed E-state index contributed by atoms with van der Waals surface area (Å²) >= 11 is 0. The zero-order chi connectivity index (χ0) is 14.0. The van der Waals surface area contributed by atoms with Gasteiger partial charge < -0.3 is 10.1 Å². The Labute approximate surface area is 110 Å². The summed E-state index contributed by atoms with van der Waals surface area (Å²) in [6, 6.07) is 3.96. The molecule has 0 radical (unpaired) electrons. The minimum atomic E-state index is -3.14. The number of ether oxygens (including phenoxy) is 1. The predicted molar refractivity (Wildman–Crippen MR) is 70.0 cm³/mol. The van der Waals surface area contributed by atoms with Crippen molar-refractivity contribution in [3.8, 4) is 5.75 Å². The molecule has 1 N–H and O–H groups in total. The largest absolute Gasteiger partial charge is 0.490 e. The van der Waals surface area contributed by atoms with Crippen LogP contribution in [-0.4, -0.2) is 32.2 Å². The predicted octanol–water partition coefficient (Wildman–Crippen LogP) is 1.33. The maximum absolute atomic E-state index is 11.3. The van der Waals surface area contributed by atoms with Crippen LogP contribution in [0.2, 0.25) is 0 Å². The van der Waals surface area contributed by atoms with Crippen molar-refractivity contribution in [3.05, 3.63) is 39.8 Å². The lowest BCUT2D eigenvalue weighted by Gasteiger charge is -2.12. The SMILES string of the molecule is COc1cc(NC2C=CS(=O)(=O)C2)ccc1[N+](=O)[O-]. The molecule has 0 fully saturated rings. The van der Waals surface area contributed by atoms with Crippen molar-refractivity contribution in [1.82, 2.24) is 0 Å². The fourth-order valence-corrected chi connectivity index (χ4v) is 3.03. The maximum atomic E-state index is 11.3. The Balaban J connectivity index is 2.19. The van der Waals surface area contributed by atoms with Gasteiger partial charge in [0, 0.05) is 23.2 Å². The standard InChI is InChI=1S/C11H12N2O5S/c1-18-11-6-8(2-3-10(11)13(14)15)12-9-4-5-19(16,17)7-9/h2-6,9,12H,7H2,1H3. The number of nitrogens with one attached hydrogen (secondary N) is 1. The Kier molecular flexibility index (Phi) is 3.43. The molecule has 7 nitrogen and oxygen atoms in total. The Morgan fingerprint density at radius 3 is 2.74 bits per heavy atom. The van der Waals surface area contributed by atoms with Crippen LogP contribution in [0.3, 0.4) is 0 Å². The van der Waals surface area contributed by atoms with Gasteiger partial charge in [-0.25, -0.2) is 8.42 Å². The van der Waals surface area contributed by atoms with E-state index in [4.69, 9.17) is 4.74 Å². The highest BCUT2D eigenvalue weighted by molar-refractivity contribution is 7.94. The number of hydrogen-bond donors (Lipinski definition) is 1. The van der Waals surface area contributed by atoms with Gasteiger partial charge in [-0.3, -0.25) is 10.1 Å². The summed E-state index contributed by atoms with van der Waals surface area (Å²) in [5, 5.41) is 14.9. The van der Waals surface area contributed by atoms with Crippen molar-refractivity contribution >= 4 is 21.2 Å². The highest BCUT2D eigenvalue weighted by Gasteiger charge is 2.22. The quantitative estimate of drug-likeness (QED) is 0.661.